The van der Waals surface area contributed by atoms with E-state index in [1.165, 1.54) is 11.8 Å². The summed E-state index contributed by atoms with van der Waals surface area (Å²) in [6, 6.07) is 2.20. The van der Waals surface area contributed by atoms with Crippen LogP contribution in [0.2, 0.25) is 0 Å². The number of amides is 2. The van der Waals surface area contributed by atoms with Gasteiger partial charge in [0, 0.05) is 43.6 Å². The Hall–Kier alpha value is -2.42. The number of cyclic esters (lactones) is 1. The minimum atomic E-state index is -0.729. The van der Waals surface area contributed by atoms with Crippen molar-refractivity contribution >= 4 is 23.4 Å². The predicted octanol–water partition coefficient (Wildman–Crippen LogP) is 1.35. The molecule has 2 heterocycles. The van der Waals surface area contributed by atoms with Gasteiger partial charge in [-0.25, -0.2) is 13.6 Å². The number of carbonyl (C=O) groups excluding carboxylic acids is 2. The highest BCUT2D eigenvalue weighted by atomic mass is 19.1. The lowest BCUT2D eigenvalue weighted by Crippen LogP contribution is -2.33. The molecule has 146 valence electrons. The first-order valence-corrected chi connectivity index (χ1v) is 9.01. The Morgan fingerprint density at radius 3 is 2.56 bits per heavy atom. The number of halogens is 2. The zero-order valence-electron chi connectivity index (χ0n) is 15.0. The lowest BCUT2D eigenvalue weighted by molar-refractivity contribution is -0.119. The highest BCUT2D eigenvalue weighted by Gasteiger charge is 2.54. The topological polar surface area (TPSA) is 87.9 Å². The maximum atomic E-state index is 14.7. The first kappa shape index (κ1) is 18.0. The van der Waals surface area contributed by atoms with E-state index in [-0.39, 0.29) is 41.8 Å². The van der Waals surface area contributed by atoms with Crippen LogP contribution in [-0.2, 0) is 9.53 Å². The summed E-state index contributed by atoms with van der Waals surface area (Å²) in [6.07, 6.45) is 0.707. The van der Waals surface area contributed by atoms with Crippen molar-refractivity contribution in [3.05, 3.63) is 23.8 Å². The Balaban J connectivity index is 1.52. The zero-order valence-corrected chi connectivity index (χ0v) is 15.0. The van der Waals surface area contributed by atoms with Crippen molar-refractivity contribution in [2.24, 2.45) is 11.1 Å². The molecule has 0 bridgehead atoms. The number of ether oxygens (including phenoxy) is 1. The second-order valence-corrected chi connectivity index (χ2v) is 7.66. The number of nitrogens with one attached hydrogen (secondary N) is 1. The molecule has 1 saturated carbocycles. The monoisotopic (exact) mass is 380 g/mol. The molecule has 2 unspecified atom stereocenters. The highest BCUT2D eigenvalue weighted by molar-refractivity contribution is 5.90. The summed E-state index contributed by atoms with van der Waals surface area (Å²) in [5, 5.41) is 2.56. The summed E-state index contributed by atoms with van der Waals surface area (Å²) in [5.41, 5.74) is 6.12. The number of rotatable bonds is 4. The minimum absolute atomic E-state index is 0.00670. The van der Waals surface area contributed by atoms with E-state index >= 15 is 0 Å². The van der Waals surface area contributed by atoms with E-state index in [1.807, 2.05) is 0 Å². The van der Waals surface area contributed by atoms with Crippen LogP contribution in [0.25, 0.3) is 0 Å². The molecular formula is C18H22F2N4O3. The fraction of sp³-hybridized carbons (Fsp3) is 0.556. The first-order valence-electron chi connectivity index (χ1n) is 9.01. The van der Waals surface area contributed by atoms with Gasteiger partial charge in [-0.05, 0) is 12.8 Å². The Labute approximate surface area is 155 Å². The molecule has 2 saturated heterocycles. The molecule has 0 radical (unpaired) electrons. The fourth-order valence-electron chi connectivity index (χ4n) is 3.96. The van der Waals surface area contributed by atoms with Crippen LogP contribution in [0, 0.1) is 17.0 Å². The zero-order chi connectivity index (χ0) is 19.3. The second kappa shape index (κ2) is 6.33. The SMILES string of the molecule is CC(=O)NCC1CN(c2cc(F)c(N3CC(N)C4(CC4)C3)c(F)c2)C(=O)O1. The summed E-state index contributed by atoms with van der Waals surface area (Å²) in [5.74, 6) is -1.70. The molecule has 1 spiro atoms. The van der Waals surface area contributed by atoms with Crippen molar-refractivity contribution < 1.29 is 23.1 Å². The molecule has 4 rings (SSSR count). The lowest BCUT2D eigenvalue weighted by Gasteiger charge is -2.22. The van der Waals surface area contributed by atoms with Crippen LogP contribution >= 0.6 is 0 Å². The van der Waals surface area contributed by atoms with Crippen molar-refractivity contribution in [1.29, 1.82) is 0 Å². The van der Waals surface area contributed by atoms with Crippen LogP contribution in [0.4, 0.5) is 25.0 Å². The lowest BCUT2D eigenvalue weighted by atomic mass is 10.0. The van der Waals surface area contributed by atoms with Crippen molar-refractivity contribution in [2.45, 2.75) is 31.9 Å². The summed E-state index contributed by atoms with van der Waals surface area (Å²) in [6.45, 7) is 2.57. The summed E-state index contributed by atoms with van der Waals surface area (Å²) in [7, 11) is 0. The van der Waals surface area contributed by atoms with Crippen LogP contribution in [-0.4, -0.2) is 50.3 Å². The Morgan fingerprint density at radius 2 is 2.00 bits per heavy atom. The smallest absolute Gasteiger partial charge is 0.414 e. The summed E-state index contributed by atoms with van der Waals surface area (Å²) >= 11 is 0. The molecule has 1 aliphatic carbocycles. The third-order valence-electron chi connectivity index (χ3n) is 5.68. The largest absolute Gasteiger partial charge is 0.442 e. The molecule has 0 aromatic heterocycles. The van der Waals surface area contributed by atoms with E-state index in [0.29, 0.717) is 13.1 Å². The molecule has 27 heavy (non-hydrogen) atoms. The molecule has 3 aliphatic rings. The van der Waals surface area contributed by atoms with E-state index in [1.54, 1.807) is 4.90 Å². The van der Waals surface area contributed by atoms with Gasteiger partial charge in [-0.3, -0.25) is 9.69 Å². The van der Waals surface area contributed by atoms with Gasteiger partial charge >= 0.3 is 6.09 Å². The van der Waals surface area contributed by atoms with Crippen LogP contribution in [0.15, 0.2) is 12.1 Å². The third-order valence-corrected chi connectivity index (χ3v) is 5.68. The van der Waals surface area contributed by atoms with Crippen molar-refractivity contribution in [3.8, 4) is 0 Å². The molecule has 9 heteroatoms. The maximum absolute atomic E-state index is 14.7. The summed E-state index contributed by atoms with van der Waals surface area (Å²) in [4.78, 5) is 25.9. The van der Waals surface area contributed by atoms with Crippen LogP contribution in [0.5, 0.6) is 0 Å². The van der Waals surface area contributed by atoms with Gasteiger partial charge in [-0.1, -0.05) is 0 Å². The number of nitrogens with zero attached hydrogens (tertiary/aromatic N) is 2. The number of nitrogens with two attached hydrogens (primary N) is 1. The molecule has 2 amide bonds. The van der Waals surface area contributed by atoms with Crippen molar-refractivity contribution in [1.82, 2.24) is 5.32 Å². The Kier molecular flexibility index (Phi) is 4.21. The van der Waals surface area contributed by atoms with Gasteiger partial charge in [0.05, 0.1) is 18.8 Å². The number of hydrogen-bond donors (Lipinski definition) is 2. The average molecular weight is 380 g/mol. The molecule has 1 aromatic rings. The van der Waals surface area contributed by atoms with Crippen molar-refractivity contribution in [2.75, 3.05) is 36.0 Å². The number of carbonyl (C=O) groups is 2. The standard InChI is InChI=1S/C18H22F2N4O3/c1-10(25)22-6-12-7-24(17(26)27-12)11-4-13(19)16(14(20)5-11)23-8-15(21)18(9-23)2-3-18/h4-5,12,15H,2-3,6-9,21H2,1H3,(H,22,25). The minimum Gasteiger partial charge on any atom is -0.442 e. The molecule has 3 N–H and O–H groups in total. The van der Waals surface area contributed by atoms with Gasteiger partial charge < -0.3 is 20.7 Å². The van der Waals surface area contributed by atoms with Gasteiger partial charge in [0.2, 0.25) is 5.91 Å². The number of benzene rings is 1. The molecule has 2 atom stereocenters. The average Bonchev–Trinajstić information content (AvgIpc) is 3.16. The van der Waals surface area contributed by atoms with Gasteiger partial charge in [-0.2, -0.15) is 0 Å². The first-order chi connectivity index (χ1) is 12.8. The predicted molar refractivity (Wildman–Crippen MR) is 94.5 cm³/mol. The Bertz CT molecular complexity index is 776. The normalized spacial score (nSPS) is 25.9. The molecule has 3 fully saturated rings. The highest BCUT2D eigenvalue weighted by Crippen LogP contribution is 2.53. The van der Waals surface area contributed by atoms with Gasteiger partial charge in [0.15, 0.2) is 11.6 Å². The number of anilines is 2. The van der Waals surface area contributed by atoms with E-state index in [0.717, 1.165) is 25.0 Å². The second-order valence-electron chi connectivity index (χ2n) is 7.66. The Morgan fingerprint density at radius 1 is 1.33 bits per heavy atom. The van der Waals surface area contributed by atoms with Crippen LogP contribution in [0.1, 0.15) is 19.8 Å². The van der Waals surface area contributed by atoms with E-state index in [4.69, 9.17) is 10.5 Å². The van der Waals surface area contributed by atoms with E-state index < -0.39 is 23.8 Å². The number of hydrogen-bond acceptors (Lipinski definition) is 5. The van der Waals surface area contributed by atoms with E-state index in [9.17, 15) is 18.4 Å². The van der Waals surface area contributed by atoms with E-state index in [2.05, 4.69) is 5.32 Å². The molecule has 2 aliphatic heterocycles. The molecule has 1 aromatic carbocycles. The quantitative estimate of drug-likeness (QED) is 0.823. The van der Waals surface area contributed by atoms with Gasteiger partial charge in [0.1, 0.15) is 11.8 Å². The van der Waals surface area contributed by atoms with Gasteiger partial charge in [0.25, 0.3) is 0 Å². The van der Waals surface area contributed by atoms with Crippen LogP contribution < -0.4 is 20.9 Å². The van der Waals surface area contributed by atoms with Crippen molar-refractivity contribution in [3.63, 3.8) is 0 Å². The summed E-state index contributed by atoms with van der Waals surface area (Å²) < 4.78 is 34.6. The third kappa shape index (κ3) is 3.20. The van der Waals surface area contributed by atoms with Crippen LogP contribution in [0.3, 0.4) is 0 Å². The molecule has 7 nitrogen and oxygen atoms in total. The maximum Gasteiger partial charge on any atom is 0.414 e. The fourth-order valence-corrected chi connectivity index (χ4v) is 3.96. The molecular weight excluding hydrogens is 358 g/mol. The van der Waals surface area contributed by atoms with Gasteiger partial charge in [-0.15, -0.1) is 0 Å².